The molecule has 0 bridgehead atoms. The van der Waals surface area contributed by atoms with E-state index in [1.165, 1.54) is 24.2 Å². The molecule has 0 fully saturated rings. The molecule has 0 amide bonds. The Balaban J connectivity index is 2.70. The number of thioether (sulfide) groups is 1. The van der Waals surface area contributed by atoms with E-state index in [4.69, 9.17) is 12.2 Å². The number of rotatable bonds is 0. The highest BCUT2D eigenvalue weighted by molar-refractivity contribution is 8.24. The summed E-state index contributed by atoms with van der Waals surface area (Å²) < 4.78 is 25.4. The minimum Gasteiger partial charge on any atom is -0.264 e. The maximum absolute atomic E-state index is 11.4. The molecule has 1 aromatic rings. The Hall–Kier alpha value is -0.660. The maximum atomic E-state index is 11.4. The SMILES string of the molecule is O=S1(=O)NC(=S)Sc2ccncc21. The lowest BCUT2D eigenvalue weighted by Gasteiger charge is -2.16. The molecule has 1 aliphatic rings. The van der Waals surface area contributed by atoms with Gasteiger partial charge in [-0.3, -0.25) is 9.71 Å². The molecule has 0 spiro atoms. The van der Waals surface area contributed by atoms with Crippen LogP contribution < -0.4 is 4.72 Å². The molecule has 2 rings (SSSR count). The molecule has 2 heterocycles. The third-order valence-electron chi connectivity index (χ3n) is 1.46. The molecule has 68 valence electrons. The van der Waals surface area contributed by atoms with Gasteiger partial charge in [0, 0.05) is 17.3 Å². The molecule has 1 N–H and O–H groups in total. The zero-order valence-electron chi connectivity index (χ0n) is 6.22. The summed E-state index contributed by atoms with van der Waals surface area (Å²) in [6.45, 7) is 0. The molecule has 0 aliphatic carbocycles. The zero-order valence-corrected chi connectivity index (χ0v) is 8.67. The first-order valence-corrected chi connectivity index (χ1v) is 5.99. The van der Waals surface area contributed by atoms with Crippen molar-refractivity contribution in [2.45, 2.75) is 9.79 Å². The van der Waals surface area contributed by atoms with Crippen molar-refractivity contribution in [3.05, 3.63) is 18.5 Å². The summed E-state index contributed by atoms with van der Waals surface area (Å²) in [6.07, 6.45) is 2.85. The summed E-state index contributed by atoms with van der Waals surface area (Å²) >= 11 is 6.00. The fraction of sp³-hybridized carbons (Fsp3) is 0. The van der Waals surface area contributed by atoms with Gasteiger partial charge in [0.15, 0.2) is 4.32 Å². The van der Waals surface area contributed by atoms with E-state index in [9.17, 15) is 8.42 Å². The number of sulfonamides is 1. The van der Waals surface area contributed by atoms with Crippen molar-refractivity contribution in [2.24, 2.45) is 0 Å². The van der Waals surface area contributed by atoms with E-state index in [1.54, 1.807) is 6.07 Å². The number of nitrogens with zero attached hydrogens (tertiary/aromatic N) is 1. The van der Waals surface area contributed by atoms with Crippen LogP contribution >= 0.6 is 24.0 Å². The summed E-state index contributed by atoms with van der Waals surface area (Å²) in [4.78, 5) is 4.56. The Morgan fingerprint density at radius 1 is 1.54 bits per heavy atom. The van der Waals surface area contributed by atoms with Crippen LogP contribution in [0.3, 0.4) is 0 Å². The van der Waals surface area contributed by atoms with Gasteiger partial charge in [-0.2, -0.15) is 0 Å². The monoisotopic (exact) mass is 232 g/mol. The molecule has 4 nitrogen and oxygen atoms in total. The first-order valence-electron chi connectivity index (χ1n) is 3.28. The molecule has 13 heavy (non-hydrogen) atoms. The lowest BCUT2D eigenvalue weighted by Crippen LogP contribution is -2.31. The van der Waals surface area contributed by atoms with Gasteiger partial charge in [-0.25, -0.2) is 8.42 Å². The summed E-state index contributed by atoms with van der Waals surface area (Å²) in [5, 5.41) is 0. The highest BCUT2D eigenvalue weighted by Gasteiger charge is 2.26. The van der Waals surface area contributed by atoms with Gasteiger partial charge in [0.1, 0.15) is 4.90 Å². The van der Waals surface area contributed by atoms with Crippen LogP contribution in [-0.2, 0) is 10.0 Å². The zero-order chi connectivity index (χ0) is 9.47. The molecular weight excluding hydrogens is 228 g/mol. The van der Waals surface area contributed by atoms with E-state index >= 15 is 0 Å². The number of aromatic nitrogens is 1. The van der Waals surface area contributed by atoms with E-state index in [0.29, 0.717) is 4.90 Å². The normalized spacial score (nSPS) is 18.9. The second-order valence-electron chi connectivity index (χ2n) is 2.32. The minimum atomic E-state index is -3.47. The van der Waals surface area contributed by atoms with Gasteiger partial charge in [0.05, 0.1) is 0 Å². The van der Waals surface area contributed by atoms with Crippen molar-refractivity contribution in [1.82, 2.24) is 9.71 Å². The van der Waals surface area contributed by atoms with E-state index in [2.05, 4.69) is 9.71 Å². The predicted molar refractivity (Wildman–Crippen MR) is 53.0 cm³/mol. The Bertz CT molecular complexity index is 469. The molecule has 0 aromatic carbocycles. The van der Waals surface area contributed by atoms with Crippen LogP contribution in [-0.4, -0.2) is 17.7 Å². The number of hydrogen-bond donors (Lipinski definition) is 1. The van der Waals surface area contributed by atoms with Crippen molar-refractivity contribution >= 4 is 38.3 Å². The molecule has 0 atom stereocenters. The lowest BCUT2D eigenvalue weighted by molar-refractivity contribution is 0.590. The van der Waals surface area contributed by atoms with Crippen LogP contribution in [0.2, 0.25) is 0 Å². The standard InChI is InChI=1S/C6H4N2O2S3/c9-13(10)5-3-7-2-1-4(5)12-6(11)8-13/h1-3H,(H,8,11). The van der Waals surface area contributed by atoms with Gasteiger partial charge in [-0.1, -0.05) is 24.0 Å². The average molecular weight is 232 g/mol. The molecule has 0 radical (unpaired) electrons. The van der Waals surface area contributed by atoms with E-state index in [-0.39, 0.29) is 9.22 Å². The third-order valence-corrected chi connectivity index (χ3v) is 4.44. The largest absolute Gasteiger partial charge is 0.265 e. The molecule has 0 unspecified atom stereocenters. The molecule has 1 aliphatic heterocycles. The maximum Gasteiger partial charge on any atom is 0.265 e. The summed E-state index contributed by atoms with van der Waals surface area (Å²) in [5.41, 5.74) is 0. The molecular formula is C6H4N2O2S3. The van der Waals surface area contributed by atoms with Gasteiger partial charge >= 0.3 is 0 Å². The smallest absolute Gasteiger partial charge is 0.264 e. The van der Waals surface area contributed by atoms with Crippen LogP contribution in [0, 0.1) is 0 Å². The number of pyridine rings is 1. The number of nitrogens with one attached hydrogen (secondary N) is 1. The molecule has 0 saturated carbocycles. The van der Waals surface area contributed by atoms with Gasteiger partial charge in [0.2, 0.25) is 0 Å². The number of thiocarbonyl (C=S) groups is 1. The molecule has 0 saturated heterocycles. The minimum absolute atomic E-state index is 0.189. The third kappa shape index (κ3) is 1.54. The number of hydrogen-bond acceptors (Lipinski definition) is 5. The average Bonchev–Trinajstić information content (AvgIpc) is 2.02. The van der Waals surface area contributed by atoms with Gasteiger partial charge in [-0.15, -0.1) is 0 Å². The fourth-order valence-corrected chi connectivity index (χ4v) is 3.83. The van der Waals surface area contributed by atoms with Gasteiger partial charge < -0.3 is 0 Å². The fourth-order valence-electron chi connectivity index (χ4n) is 0.939. The van der Waals surface area contributed by atoms with Gasteiger partial charge in [0.25, 0.3) is 10.0 Å². The van der Waals surface area contributed by atoms with Crippen LogP contribution in [0.25, 0.3) is 0 Å². The topological polar surface area (TPSA) is 59.1 Å². The highest BCUT2D eigenvalue weighted by atomic mass is 32.2. The van der Waals surface area contributed by atoms with Gasteiger partial charge in [-0.05, 0) is 6.07 Å². The van der Waals surface area contributed by atoms with E-state index in [0.717, 1.165) is 0 Å². The summed E-state index contributed by atoms with van der Waals surface area (Å²) in [5.74, 6) is 0. The summed E-state index contributed by atoms with van der Waals surface area (Å²) in [6, 6.07) is 1.63. The second-order valence-corrected chi connectivity index (χ2v) is 5.69. The molecule has 1 aromatic heterocycles. The lowest BCUT2D eigenvalue weighted by atomic mass is 10.5. The van der Waals surface area contributed by atoms with Crippen LogP contribution in [0.15, 0.2) is 28.3 Å². The van der Waals surface area contributed by atoms with Crippen molar-refractivity contribution in [1.29, 1.82) is 0 Å². The quantitative estimate of drug-likeness (QED) is 0.669. The first-order chi connectivity index (χ1) is 6.09. The highest BCUT2D eigenvalue weighted by Crippen LogP contribution is 2.30. The molecule has 7 heteroatoms. The Labute approximate surface area is 84.8 Å². The van der Waals surface area contributed by atoms with Crippen LogP contribution in [0.1, 0.15) is 0 Å². The van der Waals surface area contributed by atoms with Crippen molar-refractivity contribution in [3.8, 4) is 0 Å². The second kappa shape index (κ2) is 2.93. The van der Waals surface area contributed by atoms with Crippen LogP contribution in [0.4, 0.5) is 0 Å². The Morgan fingerprint density at radius 2 is 2.31 bits per heavy atom. The Kier molecular flexibility index (Phi) is 2.01. The van der Waals surface area contributed by atoms with Crippen molar-refractivity contribution < 1.29 is 8.42 Å². The Morgan fingerprint density at radius 3 is 3.08 bits per heavy atom. The predicted octanol–water partition coefficient (Wildman–Crippen LogP) is 0.750. The van der Waals surface area contributed by atoms with Crippen molar-refractivity contribution in [3.63, 3.8) is 0 Å². The van der Waals surface area contributed by atoms with Crippen LogP contribution in [0.5, 0.6) is 0 Å². The number of fused-ring (bicyclic) bond motifs is 1. The van der Waals surface area contributed by atoms with Crippen molar-refractivity contribution in [2.75, 3.05) is 0 Å². The summed E-state index contributed by atoms with van der Waals surface area (Å²) in [7, 11) is -3.47. The van der Waals surface area contributed by atoms with E-state index < -0.39 is 10.0 Å². The first kappa shape index (κ1) is 8.92. The van der Waals surface area contributed by atoms with E-state index in [1.807, 2.05) is 0 Å².